The van der Waals surface area contributed by atoms with Crippen LogP contribution in [0.4, 0.5) is 0 Å². The van der Waals surface area contributed by atoms with Gasteiger partial charge in [-0.25, -0.2) is 9.66 Å². The number of carboxylic acid groups (broad SMARTS) is 1. The Balaban J connectivity index is 2.96. The number of imidazole rings is 1. The fourth-order valence-corrected chi connectivity index (χ4v) is 2.13. The Morgan fingerprint density at radius 2 is 2.25 bits per heavy atom. The van der Waals surface area contributed by atoms with Gasteiger partial charge in [0.2, 0.25) is 0 Å². The van der Waals surface area contributed by atoms with Crippen LogP contribution in [-0.4, -0.2) is 40.6 Å². The van der Waals surface area contributed by atoms with E-state index in [0.29, 0.717) is 5.92 Å². The van der Waals surface area contributed by atoms with E-state index in [1.54, 1.807) is 6.20 Å². The summed E-state index contributed by atoms with van der Waals surface area (Å²) in [5.41, 5.74) is 1.08. The molecule has 0 atom stereocenters. The molecule has 5 nitrogen and oxygen atoms in total. The van der Waals surface area contributed by atoms with E-state index in [-0.39, 0.29) is 5.75 Å². The smallest absolute Gasteiger partial charge is 0.313 e. The van der Waals surface area contributed by atoms with Crippen molar-refractivity contribution in [1.29, 1.82) is 0 Å². The van der Waals surface area contributed by atoms with E-state index in [1.165, 1.54) is 11.8 Å². The molecular weight excluding hydrogens is 226 g/mol. The summed E-state index contributed by atoms with van der Waals surface area (Å²) in [7, 11) is 3.83. The number of aromatic nitrogens is 2. The lowest BCUT2D eigenvalue weighted by atomic mass is 10.1. The highest BCUT2D eigenvalue weighted by Gasteiger charge is 2.15. The van der Waals surface area contributed by atoms with Crippen molar-refractivity contribution in [2.45, 2.75) is 24.9 Å². The molecule has 1 aromatic rings. The molecule has 16 heavy (non-hydrogen) atoms. The Labute approximate surface area is 99.4 Å². The molecule has 0 bridgehead atoms. The van der Waals surface area contributed by atoms with Gasteiger partial charge in [0.05, 0.1) is 17.6 Å². The summed E-state index contributed by atoms with van der Waals surface area (Å²) in [4.78, 5) is 14.8. The van der Waals surface area contributed by atoms with Crippen molar-refractivity contribution in [3.05, 3.63) is 11.9 Å². The second kappa shape index (κ2) is 5.25. The van der Waals surface area contributed by atoms with Gasteiger partial charge in [-0.15, -0.1) is 0 Å². The first-order chi connectivity index (χ1) is 7.43. The van der Waals surface area contributed by atoms with Crippen LogP contribution in [0.25, 0.3) is 0 Å². The molecule has 0 saturated heterocycles. The Morgan fingerprint density at radius 1 is 1.62 bits per heavy atom. The monoisotopic (exact) mass is 243 g/mol. The van der Waals surface area contributed by atoms with Gasteiger partial charge in [-0.3, -0.25) is 4.79 Å². The highest BCUT2D eigenvalue weighted by molar-refractivity contribution is 7.99. The van der Waals surface area contributed by atoms with Crippen LogP contribution in [-0.2, 0) is 4.79 Å². The number of nitrogens with zero attached hydrogens (tertiary/aromatic N) is 3. The molecule has 0 saturated carbocycles. The topological polar surface area (TPSA) is 58.4 Å². The normalized spacial score (nSPS) is 10.8. The Morgan fingerprint density at radius 3 is 2.69 bits per heavy atom. The van der Waals surface area contributed by atoms with Gasteiger partial charge in [0.25, 0.3) is 0 Å². The van der Waals surface area contributed by atoms with Crippen molar-refractivity contribution in [2.24, 2.45) is 0 Å². The van der Waals surface area contributed by atoms with Gasteiger partial charge < -0.3 is 10.1 Å². The molecule has 90 valence electrons. The molecule has 1 rings (SSSR count). The summed E-state index contributed by atoms with van der Waals surface area (Å²) in [6, 6.07) is 0. The van der Waals surface area contributed by atoms with Crippen molar-refractivity contribution in [1.82, 2.24) is 9.66 Å². The summed E-state index contributed by atoms with van der Waals surface area (Å²) in [5, 5.41) is 11.3. The Bertz CT molecular complexity index is 374. The van der Waals surface area contributed by atoms with Crippen LogP contribution >= 0.6 is 11.8 Å². The molecule has 0 aliphatic rings. The van der Waals surface area contributed by atoms with Gasteiger partial charge in [0, 0.05) is 14.1 Å². The number of hydrogen-bond donors (Lipinski definition) is 1. The van der Waals surface area contributed by atoms with Gasteiger partial charge >= 0.3 is 5.97 Å². The number of carbonyl (C=O) groups is 1. The van der Waals surface area contributed by atoms with Crippen molar-refractivity contribution in [3.63, 3.8) is 0 Å². The number of rotatable bonds is 5. The van der Waals surface area contributed by atoms with E-state index in [4.69, 9.17) is 5.11 Å². The van der Waals surface area contributed by atoms with Crippen LogP contribution in [0.1, 0.15) is 25.5 Å². The molecule has 0 aliphatic carbocycles. The first-order valence-corrected chi connectivity index (χ1v) is 6.02. The average molecular weight is 243 g/mol. The zero-order chi connectivity index (χ0) is 12.3. The summed E-state index contributed by atoms with van der Waals surface area (Å²) < 4.78 is 1.94. The molecule has 1 heterocycles. The summed E-state index contributed by atoms with van der Waals surface area (Å²) in [5.74, 6) is -0.443. The molecule has 1 N–H and O–H groups in total. The fraction of sp³-hybridized carbons (Fsp3) is 0.600. The van der Waals surface area contributed by atoms with Crippen LogP contribution in [0.3, 0.4) is 0 Å². The first kappa shape index (κ1) is 12.9. The van der Waals surface area contributed by atoms with Gasteiger partial charge in [0.1, 0.15) is 0 Å². The number of hydrogen-bond acceptors (Lipinski definition) is 4. The molecular formula is C10H17N3O2S. The largest absolute Gasteiger partial charge is 0.481 e. The number of carboxylic acids is 1. The third-order valence-electron chi connectivity index (χ3n) is 2.05. The molecule has 0 radical (unpaired) electrons. The maximum absolute atomic E-state index is 10.5. The third-order valence-corrected chi connectivity index (χ3v) is 2.98. The zero-order valence-corrected chi connectivity index (χ0v) is 10.8. The molecule has 0 fully saturated rings. The highest BCUT2D eigenvalue weighted by Crippen LogP contribution is 2.22. The maximum Gasteiger partial charge on any atom is 0.313 e. The lowest BCUT2D eigenvalue weighted by Gasteiger charge is -2.21. The molecule has 0 amide bonds. The molecule has 6 heteroatoms. The zero-order valence-electron chi connectivity index (χ0n) is 9.97. The van der Waals surface area contributed by atoms with E-state index in [1.807, 2.05) is 23.8 Å². The summed E-state index contributed by atoms with van der Waals surface area (Å²) >= 11 is 1.23. The van der Waals surface area contributed by atoms with Gasteiger partial charge in [0.15, 0.2) is 5.16 Å². The van der Waals surface area contributed by atoms with E-state index < -0.39 is 5.97 Å². The quantitative estimate of drug-likeness (QED) is 0.792. The minimum Gasteiger partial charge on any atom is -0.481 e. The van der Waals surface area contributed by atoms with E-state index in [0.717, 1.165) is 10.9 Å². The highest BCUT2D eigenvalue weighted by atomic mass is 32.2. The number of thioether (sulfide) groups is 1. The van der Waals surface area contributed by atoms with Crippen LogP contribution in [0, 0.1) is 0 Å². The van der Waals surface area contributed by atoms with Crippen LogP contribution in [0.2, 0.25) is 0 Å². The summed E-state index contributed by atoms with van der Waals surface area (Å²) in [6.45, 7) is 4.17. The fourth-order valence-electron chi connectivity index (χ4n) is 1.36. The molecule has 0 spiro atoms. The Hall–Kier alpha value is -1.17. The van der Waals surface area contributed by atoms with Gasteiger partial charge in [-0.05, 0) is 5.92 Å². The predicted molar refractivity (Wildman–Crippen MR) is 64.7 cm³/mol. The van der Waals surface area contributed by atoms with Crippen LogP contribution in [0.15, 0.2) is 11.4 Å². The SMILES string of the molecule is CC(C)c1cnc(SCC(=O)O)n1N(C)C. The van der Waals surface area contributed by atoms with E-state index in [9.17, 15) is 4.79 Å². The molecule has 0 unspecified atom stereocenters. The van der Waals surface area contributed by atoms with E-state index in [2.05, 4.69) is 18.8 Å². The minimum atomic E-state index is -0.829. The minimum absolute atomic E-state index is 0.0301. The maximum atomic E-state index is 10.5. The Kier molecular flexibility index (Phi) is 4.23. The second-order valence-electron chi connectivity index (χ2n) is 3.96. The third kappa shape index (κ3) is 2.91. The van der Waals surface area contributed by atoms with Crippen molar-refractivity contribution < 1.29 is 9.90 Å². The lowest BCUT2D eigenvalue weighted by Crippen LogP contribution is -2.28. The lowest BCUT2D eigenvalue weighted by molar-refractivity contribution is -0.133. The predicted octanol–water partition coefficient (Wildman–Crippen LogP) is 1.38. The van der Waals surface area contributed by atoms with Crippen molar-refractivity contribution in [2.75, 3.05) is 24.9 Å². The second-order valence-corrected chi connectivity index (χ2v) is 4.90. The molecule has 0 aromatic carbocycles. The standard InChI is InChI=1S/C10H17N3O2S/c1-7(2)8-5-11-10(13(8)12(3)4)16-6-9(14)15/h5,7H,6H2,1-4H3,(H,14,15). The van der Waals surface area contributed by atoms with E-state index >= 15 is 0 Å². The van der Waals surface area contributed by atoms with Gasteiger partial charge in [-0.1, -0.05) is 25.6 Å². The molecule has 1 aromatic heterocycles. The molecule has 0 aliphatic heterocycles. The summed E-state index contributed by atoms with van der Waals surface area (Å²) in [6.07, 6.45) is 1.80. The van der Waals surface area contributed by atoms with Crippen molar-refractivity contribution >= 4 is 17.7 Å². The van der Waals surface area contributed by atoms with Crippen LogP contribution in [0.5, 0.6) is 0 Å². The van der Waals surface area contributed by atoms with Crippen LogP contribution < -0.4 is 5.01 Å². The number of aliphatic carboxylic acids is 1. The first-order valence-electron chi connectivity index (χ1n) is 5.03. The van der Waals surface area contributed by atoms with Gasteiger partial charge in [-0.2, -0.15) is 0 Å². The van der Waals surface area contributed by atoms with Crippen molar-refractivity contribution in [3.8, 4) is 0 Å². The average Bonchev–Trinajstić information content (AvgIpc) is 2.57.